The van der Waals surface area contributed by atoms with Crippen molar-refractivity contribution in [3.63, 3.8) is 0 Å². The van der Waals surface area contributed by atoms with Gasteiger partial charge in [0.25, 0.3) is 0 Å². The van der Waals surface area contributed by atoms with Crippen LogP contribution in [0.5, 0.6) is 11.6 Å². The Bertz CT molecular complexity index is 752. The number of nitrogen functional groups attached to an aromatic ring is 1. The standard InChI is InChI=1S/C14H13N3OS/c1-8-3-4-9(2)11(7-8)18-12-10-5-6-19-13(10)17-14(15)16-12/h3-7H,1-2H3,(H2,15,16,17). The molecule has 0 aliphatic heterocycles. The Kier molecular flexibility index (Phi) is 2.83. The fourth-order valence-electron chi connectivity index (χ4n) is 1.84. The minimum absolute atomic E-state index is 0.232. The average Bonchev–Trinajstić information content (AvgIpc) is 2.82. The number of nitrogens with two attached hydrogens (primary N) is 1. The zero-order chi connectivity index (χ0) is 13.4. The summed E-state index contributed by atoms with van der Waals surface area (Å²) in [6, 6.07) is 8.02. The summed E-state index contributed by atoms with van der Waals surface area (Å²) in [7, 11) is 0. The van der Waals surface area contributed by atoms with Gasteiger partial charge < -0.3 is 10.5 Å². The lowest BCUT2D eigenvalue weighted by molar-refractivity contribution is 0.465. The van der Waals surface area contributed by atoms with Crippen molar-refractivity contribution in [1.82, 2.24) is 9.97 Å². The third kappa shape index (κ3) is 2.24. The molecule has 2 N–H and O–H groups in total. The van der Waals surface area contributed by atoms with Crippen LogP contribution in [0.1, 0.15) is 11.1 Å². The van der Waals surface area contributed by atoms with Gasteiger partial charge in [0, 0.05) is 0 Å². The van der Waals surface area contributed by atoms with E-state index in [1.54, 1.807) is 0 Å². The molecule has 3 rings (SSSR count). The number of ether oxygens (including phenoxy) is 1. The largest absolute Gasteiger partial charge is 0.438 e. The first kappa shape index (κ1) is 11.9. The molecule has 2 heterocycles. The smallest absolute Gasteiger partial charge is 0.232 e. The molecule has 0 saturated heterocycles. The van der Waals surface area contributed by atoms with E-state index in [9.17, 15) is 0 Å². The maximum Gasteiger partial charge on any atom is 0.232 e. The van der Waals surface area contributed by atoms with Crippen LogP contribution in [-0.4, -0.2) is 9.97 Å². The van der Waals surface area contributed by atoms with E-state index in [4.69, 9.17) is 10.5 Å². The first-order valence-corrected chi connectivity index (χ1v) is 6.77. The topological polar surface area (TPSA) is 61.0 Å². The summed E-state index contributed by atoms with van der Waals surface area (Å²) in [6.45, 7) is 4.03. The average molecular weight is 271 g/mol. The van der Waals surface area contributed by atoms with Crippen molar-refractivity contribution in [2.75, 3.05) is 5.73 Å². The number of aryl methyl sites for hydroxylation is 2. The predicted octanol–water partition coefficient (Wildman–Crippen LogP) is 3.68. The SMILES string of the molecule is Cc1ccc(C)c(Oc2nc(N)nc3sccc23)c1. The minimum Gasteiger partial charge on any atom is -0.438 e. The van der Waals surface area contributed by atoms with Crippen molar-refractivity contribution in [1.29, 1.82) is 0 Å². The molecule has 0 radical (unpaired) electrons. The monoisotopic (exact) mass is 271 g/mol. The zero-order valence-electron chi connectivity index (χ0n) is 10.7. The Morgan fingerprint density at radius 3 is 2.84 bits per heavy atom. The number of rotatable bonds is 2. The van der Waals surface area contributed by atoms with Gasteiger partial charge in [-0.1, -0.05) is 12.1 Å². The molecule has 0 spiro atoms. The Morgan fingerprint density at radius 2 is 2.00 bits per heavy atom. The first-order chi connectivity index (χ1) is 9.13. The van der Waals surface area contributed by atoms with Gasteiger partial charge in [0.1, 0.15) is 10.6 Å². The normalized spacial score (nSPS) is 10.8. The van der Waals surface area contributed by atoms with Crippen LogP contribution in [0.4, 0.5) is 5.95 Å². The second-order valence-corrected chi connectivity index (χ2v) is 5.29. The molecule has 96 valence electrons. The minimum atomic E-state index is 0.232. The summed E-state index contributed by atoms with van der Waals surface area (Å²) in [4.78, 5) is 9.21. The molecule has 4 nitrogen and oxygen atoms in total. The summed E-state index contributed by atoms with van der Waals surface area (Å²) in [5.74, 6) is 1.54. The first-order valence-electron chi connectivity index (χ1n) is 5.89. The molecule has 2 aromatic heterocycles. The number of aromatic nitrogens is 2. The maximum atomic E-state index is 5.92. The number of hydrogen-bond donors (Lipinski definition) is 1. The van der Waals surface area contributed by atoms with Gasteiger partial charge >= 0.3 is 0 Å². The molecule has 3 aromatic rings. The lowest BCUT2D eigenvalue weighted by Crippen LogP contribution is -1.98. The lowest BCUT2D eigenvalue weighted by Gasteiger charge is -2.09. The highest BCUT2D eigenvalue weighted by molar-refractivity contribution is 7.16. The predicted molar refractivity (Wildman–Crippen MR) is 77.8 cm³/mol. The van der Waals surface area contributed by atoms with E-state index >= 15 is 0 Å². The molecular formula is C14H13N3OS. The Labute approximate surface area is 114 Å². The van der Waals surface area contributed by atoms with Crippen LogP contribution < -0.4 is 10.5 Å². The summed E-state index contributed by atoms with van der Waals surface area (Å²) >= 11 is 1.52. The van der Waals surface area contributed by atoms with Crippen LogP contribution in [0.15, 0.2) is 29.6 Å². The number of nitrogens with zero attached hydrogens (tertiary/aromatic N) is 2. The van der Waals surface area contributed by atoms with Gasteiger partial charge in [-0.15, -0.1) is 11.3 Å². The molecule has 0 aliphatic carbocycles. The van der Waals surface area contributed by atoms with Crippen molar-refractivity contribution in [3.8, 4) is 11.6 Å². The van der Waals surface area contributed by atoms with Gasteiger partial charge in [0.05, 0.1) is 5.39 Å². The summed E-state index contributed by atoms with van der Waals surface area (Å²) < 4.78 is 5.92. The molecule has 0 bridgehead atoms. The lowest BCUT2D eigenvalue weighted by atomic mass is 10.1. The summed E-state index contributed by atoms with van der Waals surface area (Å²) in [6.07, 6.45) is 0. The fourth-order valence-corrected chi connectivity index (χ4v) is 2.60. The van der Waals surface area contributed by atoms with E-state index in [2.05, 4.69) is 16.0 Å². The van der Waals surface area contributed by atoms with Gasteiger partial charge in [0.2, 0.25) is 11.8 Å². The zero-order valence-corrected chi connectivity index (χ0v) is 11.5. The molecule has 0 atom stereocenters. The van der Waals surface area contributed by atoms with Crippen molar-refractivity contribution in [2.24, 2.45) is 0 Å². The van der Waals surface area contributed by atoms with E-state index in [0.29, 0.717) is 5.88 Å². The van der Waals surface area contributed by atoms with Crippen LogP contribution in [0.2, 0.25) is 0 Å². The van der Waals surface area contributed by atoms with E-state index in [0.717, 1.165) is 27.1 Å². The number of fused-ring (bicyclic) bond motifs is 1. The van der Waals surface area contributed by atoms with Crippen molar-refractivity contribution >= 4 is 27.5 Å². The number of hydrogen-bond acceptors (Lipinski definition) is 5. The van der Waals surface area contributed by atoms with E-state index in [-0.39, 0.29) is 5.95 Å². The molecule has 0 aliphatic rings. The number of benzene rings is 1. The van der Waals surface area contributed by atoms with Gasteiger partial charge in [0.15, 0.2) is 0 Å². The van der Waals surface area contributed by atoms with Crippen LogP contribution in [0, 0.1) is 13.8 Å². The van der Waals surface area contributed by atoms with Crippen LogP contribution in [0.3, 0.4) is 0 Å². The second kappa shape index (κ2) is 4.51. The number of thiophene rings is 1. The van der Waals surface area contributed by atoms with Crippen molar-refractivity contribution < 1.29 is 4.74 Å². The molecule has 0 amide bonds. The highest BCUT2D eigenvalue weighted by Gasteiger charge is 2.11. The van der Waals surface area contributed by atoms with Gasteiger partial charge in [-0.25, -0.2) is 4.98 Å². The highest BCUT2D eigenvalue weighted by Crippen LogP contribution is 2.32. The molecule has 0 unspecified atom stereocenters. The Hall–Kier alpha value is -2.14. The fraction of sp³-hybridized carbons (Fsp3) is 0.143. The molecule has 5 heteroatoms. The van der Waals surface area contributed by atoms with E-state index in [1.807, 2.05) is 37.4 Å². The van der Waals surface area contributed by atoms with Crippen LogP contribution in [0.25, 0.3) is 10.2 Å². The number of anilines is 1. The summed E-state index contributed by atoms with van der Waals surface area (Å²) in [5.41, 5.74) is 7.91. The quantitative estimate of drug-likeness (QED) is 0.772. The maximum absolute atomic E-state index is 5.92. The van der Waals surface area contributed by atoms with Crippen LogP contribution >= 0.6 is 11.3 Å². The molecular weight excluding hydrogens is 258 g/mol. The van der Waals surface area contributed by atoms with Gasteiger partial charge in [-0.3, -0.25) is 0 Å². The van der Waals surface area contributed by atoms with Crippen molar-refractivity contribution in [2.45, 2.75) is 13.8 Å². The Morgan fingerprint density at radius 1 is 1.16 bits per heavy atom. The van der Waals surface area contributed by atoms with Gasteiger partial charge in [-0.05, 0) is 42.5 Å². The highest BCUT2D eigenvalue weighted by atomic mass is 32.1. The van der Waals surface area contributed by atoms with Crippen molar-refractivity contribution in [3.05, 3.63) is 40.8 Å². The Balaban J connectivity index is 2.10. The third-order valence-electron chi connectivity index (χ3n) is 2.86. The third-order valence-corrected chi connectivity index (χ3v) is 3.66. The van der Waals surface area contributed by atoms with E-state index in [1.165, 1.54) is 11.3 Å². The second-order valence-electron chi connectivity index (χ2n) is 4.40. The molecule has 1 aromatic carbocycles. The molecule has 19 heavy (non-hydrogen) atoms. The van der Waals surface area contributed by atoms with E-state index < -0.39 is 0 Å². The molecule has 0 saturated carbocycles. The van der Waals surface area contributed by atoms with Crippen LogP contribution in [-0.2, 0) is 0 Å². The molecule has 0 fully saturated rings. The summed E-state index contributed by atoms with van der Waals surface area (Å²) in [5, 5.41) is 2.84. The van der Waals surface area contributed by atoms with Gasteiger partial charge in [-0.2, -0.15) is 4.98 Å².